The number of fused-ring (bicyclic) bond motifs is 7. The van der Waals surface area contributed by atoms with Crippen LogP contribution in [0, 0.1) is 46.3 Å². The highest BCUT2D eigenvalue weighted by atomic mass is 16.8. The lowest BCUT2D eigenvalue weighted by atomic mass is 9.44. The highest BCUT2D eigenvalue weighted by molar-refractivity contribution is 5.75. The Balaban J connectivity index is 1.04. The van der Waals surface area contributed by atoms with Gasteiger partial charge < -0.3 is 59.4 Å². The predicted octanol–water partition coefficient (Wildman–Crippen LogP) is -0.174. The average Bonchev–Trinajstić information content (AvgIpc) is 3.51. The molecule has 13 heteroatoms. The average molecular weight is 671 g/mol. The maximum atomic E-state index is 12.4. The quantitative estimate of drug-likeness (QED) is 0.145. The molecule has 0 spiro atoms. The second-order valence-electron chi connectivity index (χ2n) is 16.3. The SMILES string of the molecule is C[C@@H]1C(=O)O[C@H]2C[C@H]3[C@@H]4CC[C@H]5C[C@@H](O[C@@H]6O[C@H](CO)[C@H](O)[C@H](O)[C@H]6O[C@@H]6O[C@H](CO)[C@@H](O)[C@H](O)[C@H]6O)CC[C@]5(C)[C@H]4CC[C@]3(C)[C@H]21. The molecule has 0 aromatic carbocycles. The fourth-order valence-corrected chi connectivity index (χ4v) is 11.6. The lowest BCUT2D eigenvalue weighted by molar-refractivity contribution is -0.373. The second kappa shape index (κ2) is 12.7. The molecule has 20 atom stereocenters. The van der Waals surface area contributed by atoms with Crippen molar-refractivity contribution in [3.05, 3.63) is 0 Å². The number of aliphatic hydroxyl groups excluding tert-OH is 7. The summed E-state index contributed by atoms with van der Waals surface area (Å²) in [5.74, 6) is 2.37. The summed E-state index contributed by atoms with van der Waals surface area (Å²) in [5.41, 5.74) is 0.261. The minimum absolute atomic E-state index is 0.0355. The number of aliphatic hydroxyl groups is 7. The summed E-state index contributed by atoms with van der Waals surface area (Å²) < 4.78 is 29.7. The lowest BCUT2D eigenvalue weighted by Gasteiger charge is -2.61. The van der Waals surface area contributed by atoms with Gasteiger partial charge in [0.15, 0.2) is 12.6 Å². The number of rotatable bonds is 6. The highest BCUT2D eigenvalue weighted by Crippen LogP contribution is 2.69. The summed E-state index contributed by atoms with van der Waals surface area (Å²) in [7, 11) is 0. The van der Waals surface area contributed by atoms with Crippen LogP contribution in [0.2, 0.25) is 0 Å². The van der Waals surface area contributed by atoms with Gasteiger partial charge in [0.25, 0.3) is 0 Å². The minimum Gasteiger partial charge on any atom is -0.462 e. The van der Waals surface area contributed by atoms with Gasteiger partial charge in [-0.25, -0.2) is 0 Å². The Morgan fingerprint density at radius 3 is 2.11 bits per heavy atom. The first-order valence-electron chi connectivity index (χ1n) is 17.8. The van der Waals surface area contributed by atoms with Crippen LogP contribution in [0.4, 0.5) is 0 Å². The maximum Gasteiger partial charge on any atom is 0.309 e. The van der Waals surface area contributed by atoms with Crippen LogP contribution in [-0.2, 0) is 28.5 Å². The molecule has 4 aliphatic carbocycles. The fraction of sp³-hybridized carbons (Fsp3) is 0.971. The summed E-state index contributed by atoms with van der Waals surface area (Å²) in [4.78, 5) is 12.4. The molecule has 0 aromatic rings. The van der Waals surface area contributed by atoms with Gasteiger partial charge in [-0.15, -0.1) is 0 Å². The molecular formula is C34H54O13. The Morgan fingerprint density at radius 1 is 0.745 bits per heavy atom. The van der Waals surface area contributed by atoms with Crippen molar-refractivity contribution in [3.63, 3.8) is 0 Å². The van der Waals surface area contributed by atoms with E-state index in [0.29, 0.717) is 29.6 Å². The molecule has 268 valence electrons. The van der Waals surface area contributed by atoms with Gasteiger partial charge in [-0.2, -0.15) is 0 Å². The molecule has 7 aliphatic rings. The zero-order chi connectivity index (χ0) is 33.6. The van der Waals surface area contributed by atoms with E-state index in [4.69, 9.17) is 23.7 Å². The van der Waals surface area contributed by atoms with Crippen LogP contribution in [0.3, 0.4) is 0 Å². The molecule has 0 bridgehead atoms. The number of esters is 1. The van der Waals surface area contributed by atoms with Crippen LogP contribution in [0.1, 0.15) is 72.1 Å². The molecule has 47 heavy (non-hydrogen) atoms. The van der Waals surface area contributed by atoms with Crippen molar-refractivity contribution in [3.8, 4) is 0 Å². The van der Waals surface area contributed by atoms with Gasteiger partial charge in [0.05, 0.1) is 25.2 Å². The van der Waals surface area contributed by atoms with E-state index in [2.05, 4.69) is 13.8 Å². The fourth-order valence-electron chi connectivity index (χ4n) is 11.6. The smallest absolute Gasteiger partial charge is 0.309 e. The topological polar surface area (TPSA) is 205 Å². The molecule has 3 aliphatic heterocycles. The third kappa shape index (κ3) is 5.42. The Morgan fingerprint density at radius 2 is 1.40 bits per heavy atom. The molecule has 7 fully saturated rings. The number of carbonyl (C=O) groups excluding carboxylic acids is 1. The Kier molecular flexibility index (Phi) is 9.29. The Hall–Kier alpha value is -0.970. The minimum atomic E-state index is -1.72. The summed E-state index contributed by atoms with van der Waals surface area (Å²) in [6, 6.07) is 0. The number of hydrogen-bond acceptors (Lipinski definition) is 13. The molecule has 0 radical (unpaired) electrons. The second-order valence-corrected chi connectivity index (χ2v) is 16.3. The third-order valence-corrected chi connectivity index (χ3v) is 14.2. The molecule has 3 heterocycles. The van der Waals surface area contributed by atoms with E-state index in [9.17, 15) is 40.5 Å². The molecule has 0 amide bonds. The van der Waals surface area contributed by atoms with Crippen molar-refractivity contribution in [1.29, 1.82) is 0 Å². The van der Waals surface area contributed by atoms with Crippen molar-refractivity contribution >= 4 is 5.97 Å². The maximum absolute atomic E-state index is 12.4. The van der Waals surface area contributed by atoms with E-state index in [-0.39, 0.29) is 34.9 Å². The van der Waals surface area contributed by atoms with Crippen LogP contribution in [0.15, 0.2) is 0 Å². The van der Waals surface area contributed by atoms with Gasteiger partial charge in [-0.05, 0) is 85.9 Å². The molecule has 4 saturated carbocycles. The van der Waals surface area contributed by atoms with Crippen molar-refractivity contribution in [1.82, 2.24) is 0 Å². The largest absolute Gasteiger partial charge is 0.462 e. The van der Waals surface area contributed by atoms with Gasteiger partial charge in [0, 0.05) is 5.92 Å². The van der Waals surface area contributed by atoms with Crippen LogP contribution in [0.25, 0.3) is 0 Å². The zero-order valence-electron chi connectivity index (χ0n) is 27.5. The van der Waals surface area contributed by atoms with E-state index in [1.54, 1.807) is 0 Å². The van der Waals surface area contributed by atoms with Crippen LogP contribution >= 0.6 is 0 Å². The third-order valence-electron chi connectivity index (χ3n) is 14.2. The van der Waals surface area contributed by atoms with Crippen molar-refractivity contribution in [2.75, 3.05) is 13.2 Å². The summed E-state index contributed by atoms with van der Waals surface area (Å²) in [6.45, 7) is 5.68. The lowest BCUT2D eigenvalue weighted by Crippen LogP contribution is -2.65. The molecule has 3 saturated heterocycles. The molecule has 7 N–H and O–H groups in total. The summed E-state index contributed by atoms with van der Waals surface area (Å²) in [5, 5.41) is 72.2. The zero-order valence-corrected chi connectivity index (χ0v) is 27.5. The Labute approximate surface area is 275 Å². The predicted molar refractivity (Wildman–Crippen MR) is 161 cm³/mol. The van der Waals surface area contributed by atoms with Crippen molar-refractivity contribution < 1.29 is 64.2 Å². The van der Waals surface area contributed by atoms with Crippen molar-refractivity contribution in [2.45, 2.75) is 146 Å². The number of hydrogen-bond donors (Lipinski definition) is 7. The first-order valence-corrected chi connectivity index (χ1v) is 17.8. The van der Waals surface area contributed by atoms with Gasteiger partial charge in [-0.1, -0.05) is 20.8 Å². The molecular weight excluding hydrogens is 616 g/mol. The van der Waals surface area contributed by atoms with Gasteiger partial charge >= 0.3 is 5.97 Å². The number of carbonyl (C=O) groups is 1. The Bertz CT molecular complexity index is 1160. The van der Waals surface area contributed by atoms with E-state index < -0.39 is 74.6 Å². The van der Waals surface area contributed by atoms with Gasteiger partial charge in [0.1, 0.15) is 54.9 Å². The molecule has 13 nitrogen and oxygen atoms in total. The monoisotopic (exact) mass is 670 g/mol. The van der Waals surface area contributed by atoms with E-state index in [1.807, 2.05) is 6.92 Å². The standard InChI is InChI=1S/C34H54O13/c1-14-23-20(44-30(14)42)11-19-17-5-4-15-10-16(6-8-33(15,2)18(17)7-9-34(19,23)3)43-32-29(27(40)25(38)22(13-36)46-32)47-31-28(41)26(39)24(37)21(12-35)45-31/h14-29,31-32,35-41H,4-13H2,1-3H3/t14-,15-,16-,17+,18-,19-,20-,21+,22+,23-,24+,25-,26-,27-,28+,29+,31-,32+,33-,34-/m0/s1. The van der Waals surface area contributed by atoms with E-state index in [1.165, 1.54) is 0 Å². The van der Waals surface area contributed by atoms with Crippen LogP contribution in [0.5, 0.6) is 0 Å². The first-order chi connectivity index (χ1) is 22.3. The van der Waals surface area contributed by atoms with Crippen LogP contribution in [-0.4, -0.2) is 129 Å². The van der Waals surface area contributed by atoms with Gasteiger partial charge in [0.2, 0.25) is 0 Å². The normalized spacial score (nSPS) is 57.4. The molecule has 0 unspecified atom stereocenters. The van der Waals surface area contributed by atoms with E-state index >= 15 is 0 Å². The highest BCUT2D eigenvalue weighted by Gasteiger charge is 2.66. The summed E-state index contributed by atoms with van der Waals surface area (Å²) in [6.07, 6.45) is -6.97. The summed E-state index contributed by atoms with van der Waals surface area (Å²) >= 11 is 0. The van der Waals surface area contributed by atoms with Gasteiger partial charge in [-0.3, -0.25) is 4.79 Å². The van der Waals surface area contributed by atoms with Crippen molar-refractivity contribution in [2.24, 2.45) is 46.3 Å². The van der Waals surface area contributed by atoms with E-state index in [0.717, 1.165) is 51.4 Å². The molecule has 0 aromatic heterocycles. The molecule has 7 rings (SSSR count). The first kappa shape index (κ1) is 34.5. The number of ether oxygens (including phenoxy) is 5. The van der Waals surface area contributed by atoms with Crippen LogP contribution < -0.4 is 0 Å².